The topological polar surface area (TPSA) is 50.9 Å². The number of rotatable bonds is 5. The standard InChI is InChI=1S/C8H15N3S2/c1-6(5-12-2)4-10-8-3-7(9)11-13-8/h3,6,10H,4-5H2,1-2H3,(H2,9,11). The Balaban J connectivity index is 2.26. The van der Waals surface area contributed by atoms with E-state index in [2.05, 4.69) is 22.9 Å². The second-order valence-corrected chi connectivity index (χ2v) is 4.77. The molecule has 3 nitrogen and oxygen atoms in total. The fourth-order valence-electron chi connectivity index (χ4n) is 0.990. The molecule has 0 aliphatic carbocycles. The van der Waals surface area contributed by atoms with Gasteiger partial charge in [-0.2, -0.15) is 16.1 Å². The van der Waals surface area contributed by atoms with Crippen molar-refractivity contribution < 1.29 is 0 Å². The zero-order valence-corrected chi connectivity index (χ0v) is 9.54. The third-order valence-electron chi connectivity index (χ3n) is 1.60. The highest BCUT2D eigenvalue weighted by Crippen LogP contribution is 2.18. The number of thioether (sulfide) groups is 1. The van der Waals surface area contributed by atoms with Crippen LogP contribution in [0.4, 0.5) is 10.8 Å². The van der Waals surface area contributed by atoms with Gasteiger partial charge in [-0.1, -0.05) is 6.92 Å². The average Bonchev–Trinajstić information content (AvgIpc) is 2.49. The van der Waals surface area contributed by atoms with Gasteiger partial charge in [0.05, 0.1) is 0 Å². The molecule has 0 aliphatic heterocycles. The molecule has 0 spiro atoms. The SMILES string of the molecule is CSCC(C)CNc1cc(N)ns1. The zero-order chi connectivity index (χ0) is 9.68. The van der Waals surface area contributed by atoms with Crippen LogP contribution in [-0.4, -0.2) is 22.9 Å². The predicted molar refractivity (Wildman–Crippen MR) is 62.6 cm³/mol. The van der Waals surface area contributed by atoms with Crippen LogP contribution >= 0.6 is 23.3 Å². The summed E-state index contributed by atoms with van der Waals surface area (Å²) in [5.74, 6) is 2.46. The largest absolute Gasteiger partial charge is 0.383 e. The van der Waals surface area contributed by atoms with E-state index in [0.29, 0.717) is 11.7 Å². The first kappa shape index (κ1) is 10.7. The second-order valence-electron chi connectivity index (χ2n) is 3.06. The molecule has 1 rings (SSSR count). The molecule has 0 bridgehead atoms. The quantitative estimate of drug-likeness (QED) is 0.793. The molecule has 0 saturated heterocycles. The second kappa shape index (κ2) is 5.34. The van der Waals surface area contributed by atoms with Gasteiger partial charge in [-0.3, -0.25) is 0 Å². The Morgan fingerprint density at radius 3 is 3.08 bits per heavy atom. The summed E-state index contributed by atoms with van der Waals surface area (Å²) in [6, 6.07) is 1.87. The number of hydrogen-bond donors (Lipinski definition) is 2. The number of nitrogens with one attached hydrogen (secondary N) is 1. The van der Waals surface area contributed by atoms with Gasteiger partial charge in [0.2, 0.25) is 0 Å². The Kier molecular flexibility index (Phi) is 4.38. The van der Waals surface area contributed by atoms with Crippen LogP contribution in [0.3, 0.4) is 0 Å². The van der Waals surface area contributed by atoms with Crippen molar-refractivity contribution in [2.45, 2.75) is 6.92 Å². The fraction of sp³-hybridized carbons (Fsp3) is 0.625. The number of hydrogen-bond acceptors (Lipinski definition) is 5. The summed E-state index contributed by atoms with van der Waals surface area (Å²) in [5, 5.41) is 4.37. The molecule has 0 aromatic carbocycles. The van der Waals surface area contributed by atoms with Gasteiger partial charge in [-0.05, 0) is 29.5 Å². The maximum atomic E-state index is 5.50. The summed E-state index contributed by atoms with van der Waals surface area (Å²) in [6.07, 6.45) is 2.13. The molecule has 0 radical (unpaired) electrons. The van der Waals surface area contributed by atoms with Crippen molar-refractivity contribution >= 4 is 34.1 Å². The van der Waals surface area contributed by atoms with Crippen molar-refractivity contribution in [1.29, 1.82) is 0 Å². The van der Waals surface area contributed by atoms with E-state index >= 15 is 0 Å². The number of nitrogen functional groups attached to an aromatic ring is 1. The van der Waals surface area contributed by atoms with Crippen molar-refractivity contribution in [3.8, 4) is 0 Å². The number of nitrogens with zero attached hydrogens (tertiary/aromatic N) is 1. The van der Waals surface area contributed by atoms with Gasteiger partial charge in [0.1, 0.15) is 10.8 Å². The number of nitrogens with two attached hydrogens (primary N) is 1. The van der Waals surface area contributed by atoms with Crippen LogP contribution in [0.2, 0.25) is 0 Å². The van der Waals surface area contributed by atoms with Crippen molar-refractivity contribution in [1.82, 2.24) is 4.37 Å². The lowest BCUT2D eigenvalue weighted by atomic mass is 10.2. The molecule has 0 aliphatic rings. The highest BCUT2D eigenvalue weighted by atomic mass is 32.2. The van der Waals surface area contributed by atoms with Crippen molar-refractivity contribution in [2.75, 3.05) is 29.6 Å². The maximum absolute atomic E-state index is 5.50. The van der Waals surface area contributed by atoms with Crippen LogP contribution in [0.5, 0.6) is 0 Å². The lowest BCUT2D eigenvalue weighted by Gasteiger charge is -2.09. The van der Waals surface area contributed by atoms with Crippen LogP contribution in [0.1, 0.15) is 6.92 Å². The highest BCUT2D eigenvalue weighted by Gasteiger charge is 2.02. The molecular formula is C8H15N3S2. The van der Waals surface area contributed by atoms with Gasteiger partial charge in [-0.25, -0.2) is 0 Å². The van der Waals surface area contributed by atoms with E-state index in [1.165, 1.54) is 17.3 Å². The van der Waals surface area contributed by atoms with Crippen LogP contribution in [0.15, 0.2) is 6.07 Å². The Hall–Kier alpha value is -0.420. The number of anilines is 2. The lowest BCUT2D eigenvalue weighted by molar-refractivity contribution is 0.703. The highest BCUT2D eigenvalue weighted by molar-refractivity contribution is 7.98. The van der Waals surface area contributed by atoms with Crippen molar-refractivity contribution in [3.05, 3.63) is 6.07 Å². The van der Waals surface area contributed by atoms with Crippen LogP contribution in [-0.2, 0) is 0 Å². The van der Waals surface area contributed by atoms with Crippen LogP contribution < -0.4 is 11.1 Å². The zero-order valence-electron chi connectivity index (χ0n) is 7.91. The first-order valence-corrected chi connectivity index (χ1v) is 6.34. The monoisotopic (exact) mass is 217 g/mol. The minimum absolute atomic E-state index is 0.602. The van der Waals surface area contributed by atoms with E-state index in [1.54, 1.807) is 0 Å². The van der Waals surface area contributed by atoms with E-state index in [0.717, 1.165) is 11.5 Å². The molecule has 74 valence electrons. The van der Waals surface area contributed by atoms with Gasteiger partial charge in [0.25, 0.3) is 0 Å². The smallest absolute Gasteiger partial charge is 0.139 e. The van der Waals surface area contributed by atoms with Gasteiger partial charge in [-0.15, -0.1) is 0 Å². The van der Waals surface area contributed by atoms with Gasteiger partial charge in [0, 0.05) is 12.6 Å². The third kappa shape index (κ3) is 3.87. The molecular weight excluding hydrogens is 202 g/mol. The Labute approximate surface area is 87.3 Å². The fourth-order valence-corrected chi connectivity index (χ4v) is 2.26. The Morgan fingerprint density at radius 1 is 1.77 bits per heavy atom. The van der Waals surface area contributed by atoms with E-state index in [-0.39, 0.29) is 0 Å². The van der Waals surface area contributed by atoms with E-state index in [4.69, 9.17) is 5.73 Å². The normalized spacial score (nSPS) is 12.8. The molecule has 0 fully saturated rings. The van der Waals surface area contributed by atoms with Gasteiger partial charge in [0.15, 0.2) is 0 Å². The molecule has 0 saturated carbocycles. The van der Waals surface area contributed by atoms with Crippen LogP contribution in [0.25, 0.3) is 0 Å². The summed E-state index contributed by atoms with van der Waals surface area (Å²) >= 11 is 3.29. The number of aromatic nitrogens is 1. The van der Waals surface area contributed by atoms with E-state index in [1.807, 2.05) is 17.8 Å². The molecule has 1 unspecified atom stereocenters. The first-order valence-electron chi connectivity index (χ1n) is 4.17. The molecule has 1 aromatic rings. The molecule has 1 heterocycles. The molecule has 5 heteroatoms. The molecule has 13 heavy (non-hydrogen) atoms. The first-order chi connectivity index (χ1) is 6.22. The summed E-state index contributed by atoms with van der Waals surface area (Å²) in [7, 11) is 0. The summed E-state index contributed by atoms with van der Waals surface area (Å²) in [6.45, 7) is 3.22. The third-order valence-corrected chi connectivity index (χ3v) is 3.27. The summed E-state index contributed by atoms with van der Waals surface area (Å²) < 4.78 is 3.99. The lowest BCUT2D eigenvalue weighted by Crippen LogP contribution is -2.12. The van der Waals surface area contributed by atoms with Crippen LogP contribution in [0, 0.1) is 5.92 Å². The predicted octanol–water partition coefficient (Wildman–Crippen LogP) is 2.14. The molecule has 0 amide bonds. The van der Waals surface area contributed by atoms with Crippen molar-refractivity contribution in [3.63, 3.8) is 0 Å². The Morgan fingerprint density at radius 2 is 2.54 bits per heavy atom. The minimum atomic E-state index is 0.602. The molecule has 1 aromatic heterocycles. The summed E-state index contributed by atoms with van der Waals surface area (Å²) in [4.78, 5) is 0. The average molecular weight is 217 g/mol. The van der Waals surface area contributed by atoms with E-state index < -0.39 is 0 Å². The maximum Gasteiger partial charge on any atom is 0.139 e. The Bertz CT molecular complexity index is 249. The molecule has 1 atom stereocenters. The van der Waals surface area contributed by atoms with Gasteiger partial charge < -0.3 is 11.1 Å². The summed E-state index contributed by atoms with van der Waals surface area (Å²) in [5.41, 5.74) is 5.50. The van der Waals surface area contributed by atoms with Crippen molar-refractivity contribution in [2.24, 2.45) is 5.92 Å². The van der Waals surface area contributed by atoms with E-state index in [9.17, 15) is 0 Å². The van der Waals surface area contributed by atoms with Gasteiger partial charge >= 0.3 is 0 Å². The minimum Gasteiger partial charge on any atom is -0.383 e. The molecule has 3 N–H and O–H groups in total.